The molecule has 3 nitrogen and oxygen atoms in total. The molecule has 19 heavy (non-hydrogen) atoms. The van der Waals surface area contributed by atoms with Crippen molar-refractivity contribution < 1.29 is 4.42 Å². The summed E-state index contributed by atoms with van der Waals surface area (Å²) in [5.74, 6) is 2.94. The number of nitrogens with one attached hydrogen (secondary N) is 1. The van der Waals surface area contributed by atoms with E-state index in [9.17, 15) is 0 Å². The monoisotopic (exact) mass is 264 g/mol. The fourth-order valence-corrected chi connectivity index (χ4v) is 2.87. The number of likely N-dealkylation sites (tertiary alicyclic amines) is 1. The van der Waals surface area contributed by atoms with Gasteiger partial charge in [-0.15, -0.1) is 0 Å². The van der Waals surface area contributed by atoms with E-state index in [-0.39, 0.29) is 0 Å². The molecule has 1 aromatic heterocycles. The van der Waals surface area contributed by atoms with E-state index < -0.39 is 0 Å². The van der Waals surface area contributed by atoms with Crippen molar-refractivity contribution in [1.29, 1.82) is 0 Å². The molecule has 2 heterocycles. The van der Waals surface area contributed by atoms with E-state index in [4.69, 9.17) is 4.42 Å². The van der Waals surface area contributed by atoms with Gasteiger partial charge in [0.2, 0.25) is 0 Å². The Morgan fingerprint density at radius 3 is 3.00 bits per heavy atom. The van der Waals surface area contributed by atoms with E-state index in [1.807, 2.05) is 13.0 Å². The molecule has 0 radical (unpaired) electrons. The Balaban J connectivity index is 1.48. The van der Waals surface area contributed by atoms with E-state index in [2.05, 4.69) is 23.2 Å². The summed E-state index contributed by atoms with van der Waals surface area (Å²) in [6.07, 6.45) is 5.36. The summed E-state index contributed by atoms with van der Waals surface area (Å²) in [7, 11) is 0. The van der Waals surface area contributed by atoms with Gasteiger partial charge in [-0.3, -0.25) is 0 Å². The van der Waals surface area contributed by atoms with Crippen molar-refractivity contribution in [3.05, 3.63) is 23.7 Å². The number of furan rings is 1. The molecule has 1 aliphatic rings. The van der Waals surface area contributed by atoms with E-state index in [1.54, 1.807) is 0 Å². The van der Waals surface area contributed by atoms with Gasteiger partial charge in [-0.2, -0.15) is 0 Å². The van der Waals surface area contributed by atoms with Gasteiger partial charge in [-0.25, -0.2) is 0 Å². The number of unbranched alkanes of at least 4 members (excludes halogenated alkanes) is 1. The van der Waals surface area contributed by atoms with E-state index >= 15 is 0 Å². The molecule has 0 spiro atoms. The predicted octanol–water partition coefficient (Wildman–Crippen LogP) is 3.19. The summed E-state index contributed by atoms with van der Waals surface area (Å²) >= 11 is 0. The molecule has 0 aromatic carbocycles. The lowest BCUT2D eigenvalue weighted by Gasteiger charge is -2.30. The smallest absolute Gasteiger partial charge is 0.117 e. The van der Waals surface area contributed by atoms with Gasteiger partial charge in [-0.1, -0.05) is 6.92 Å². The van der Waals surface area contributed by atoms with Crippen LogP contribution >= 0.6 is 0 Å². The third-order valence-corrected chi connectivity index (χ3v) is 3.91. The lowest BCUT2D eigenvalue weighted by atomic mass is 10.0. The molecule has 1 unspecified atom stereocenters. The molecule has 1 saturated heterocycles. The maximum absolute atomic E-state index is 5.53. The highest BCUT2D eigenvalue weighted by molar-refractivity contribution is 5.04. The second-order valence-corrected chi connectivity index (χ2v) is 5.94. The quantitative estimate of drug-likeness (QED) is 0.767. The number of hydrogen-bond acceptors (Lipinski definition) is 3. The highest BCUT2D eigenvalue weighted by Crippen LogP contribution is 2.15. The number of rotatable bonds is 7. The standard InChI is InChI=1S/C16H28N2O/c1-14-6-5-11-18(13-14)10-4-3-9-17-12-16-8-7-15(2)19-16/h7-8,14,17H,3-6,9-13H2,1-2H3. The molecule has 1 aliphatic heterocycles. The maximum Gasteiger partial charge on any atom is 0.117 e. The zero-order valence-electron chi connectivity index (χ0n) is 12.5. The van der Waals surface area contributed by atoms with E-state index in [1.165, 1.54) is 45.3 Å². The SMILES string of the molecule is Cc1ccc(CNCCCCN2CCCC(C)C2)o1. The van der Waals surface area contributed by atoms with Crippen LogP contribution in [0.25, 0.3) is 0 Å². The number of piperidine rings is 1. The van der Waals surface area contributed by atoms with Gasteiger partial charge in [0.25, 0.3) is 0 Å². The molecule has 1 fully saturated rings. The summed E-state index contributed by atoms with van der Waals surface area (Å²) < 4.78 is 5.53. The predicted molar refractivity (Wildman–Crippen MR) is 79.2 cm³/mol. The Bertz CT molecular complexity index is 361. The van der Waals surface area contributed by atoms with E-state index in [0.717, 1.165) is 30.5 Å². The van der Waals surface area contributed by atoms with Crippen LogP contribution < -0.4 is 5.32 Å². The van der Waals surface area contributed by atoms with Crippen LogP contribution in [0.15, 0.2) is 16.5 Å². The topological polar surface area (TPSA) is 28.4 Å². The van der Waals surface area contributed by atoms with Gasteiger partial charge in [0, 0.05) is 6.54 Å². The molecule has 1 N–H and O–H groups in total. The fraction of sp³-hybridized carbons (Fsp3) is 0.750. The summed E-state index contributed by atoms with van der Waals surface area (Å²) in [5.41, 5.74) is 0. The molecule has 108 valence electrons. The first-order valence-corrected chi connectivity index (χ1v) is 7.72. The summed E-state index contributed by atoms with van der Waals surface area (Å²) in [6.45, 7) is 10.2. The van der Waals surface area contributed by atoms with Crippen molar-refractivity contribution in [2.45, 2.75) is 46.1 Å². The van der Waals surface area contributed by atoms with Crippen molar-refractivity contribution in [2.75, 3.05) is 26.2 Å². The second kappa shape index (κ2) is 7.71. The largest absolute Gasteiger partial charge is 0.465 e. The lowest BCUT2D eigenvalue weighted by molar-refractivity contribution is 0.181. The first-order chi connectivity index (χ1) is 9.24. The minimum Gasteiger partial charge on any atom is -0.465 e. The summed E-state index contributed by atoms with van der Waals surface area (Å²) in [5, 5.41) is 3.45. The van der Waals surface area contributed by atoms with Crippen molar-refractivity contribution in [3.63, 3.8) is 0 Å². The summed E-state index contributed by atoms with van der Waals surface area (Å²) in [6, 6.07) is 4.08. The third-order valence-electron chi connectivity index (χ3n) is 3.91. The zero-order chi connectivity index (χ0) is 13.5. The minimum absolute atomic E-state index is 0.856. The average molecular weight is 264 g/mol. The highest BCUT2D eigenvalue weighted by Gasteiger charge is 2.15. The normalized spacial score (nSPS) is 20.8. The Kier molecular flexibility index (Phi) is 5.93. The van der Waals surface area contributed by atoms with Crippen molar-refractivity contribution in [1.82, 2.24) is 10.2 Å². The van der Waals surface area contributed by atoms with Crippen LogP contribution in [-0.4, -0.2) is 31.1 Å². The number of aryl methyl sites for hydroxylation is 1. The Morgan fingerprint density at radius 2 is 2.26 bits per heavy atom. The molecule has 0 aliphatic carbocycles. The average Bonchev–Trinajstić information content (AvgIpc) is 2.79. The maximum atomic E-state index is 5.53. The van der Waals surface area contributed by atoms with Crippen molar-refractivity contribution in [3.8, 4) is 0 Å². The van der Waals surface area contributed by atoms with Gasteiger partial charge >= 0.3 is 0 Å². The van der Waals surface area contributed by atoms with Crippen LogP contribution in [0.1, 0.15) is 44.1 Å². The molecular weight excluding hydrogens is 236 g/mol. The van der Waals surface area contributed by atoms with Crippen LogP contribution in [0.2, 0.25) is 0 Å². The molecule has 2 rings (SSSR count). The second-order valence-electron chi connectivity index (χ2n) is 5.94. The molecule has 1 atom stereocenters. The summed E-state index contributed by atoms with van der Waals surface area (Å²) in [4.78, 5) is 2.63. The molecule has 0 amide bonds. The van der Waals surface area contributed by atoms with Crippen molar-refractivity contribution in [2.24, 2.45) is 5.92 Å². The molecule has 1 aromatic rings. The zero-order valence-corrected chi connectivity index (χ0v) is 12.5. The van der Waals surface area contributed by atoms with E-state index in [0.29, 0.717) is 0 Å². The third kappa shape index (κ3) is 5.37. The molecule has 0 saturated carbocycles. The van der Waals surface area contributed by atoms with Gasteiger partial charge in [-0.05, 0) is 70.3 Å². The molecule has 3 heteroatoms. The van der Waals surface area contributed by atoms with Gasteiger partial charge < -0.3 is 14.6 Å². The lowest BCUT2D eigenvalue weighted by Crippen LogP contribution is -2.35. The van der Waals surface area contributed by atoms with Crippen LogP contribution in [0, 0.1) is 12.8 Å². The van der Waals surface area contributed by atoms with Gasteiger partial charge in [0.05, 0.1) is 6.54 Å². The van der Waals surface area contributed by atoms with Crippen LogP contribution in [-0.2, 0) is 6.54 Å². The minimum atomic E-state index is 0.856. The number of hydrogen-bond donors (Lipinski definition) is 1. The Labute approximate surface area is 117 Å². The highest BCUT2D eigenvalue weighted by atomic mass is 16.3. The first-order valence-electron chi connectivity index (χ1n) is 7.72. The first kappa shape index (κ1) is 14.6. The van der Waals surface area contributed by atoms with Crippen LogP contribution in [0.5, 0.6) is 0 Å². The van der Waals surface area contributed by atoms with Crippen LogP contribution in [0.3, 0.4) is 0 Å². The van der Waals surface area contributed by atoms with Gasteiger partial charge in [0.1, 0.15) is 11.5 Å². The Hall–Kier alpha value is -0.800. The van der Waals surface area contributed by atoms with Gasteiger partial charge in [0.15, 0.2) is 0 Å². The molecular formula is C16H28N2O. The number of nitrogens with zero attached hydrogens (tertiary/aromatic N) is 1. The van der Waals surface area contributed by atoms with Crippen LogP contribution in [0.4, 0.5) is 0 Å². The van der Waals surface area contributed by atoms with Crippen molar-refractivity contribution >= 4 is 0 Å². The fourth-order valence-electron chi connectivity index (χ4n) is 2.87. The molecule has 0 bridgehead atoms. The Morgan fingerprint density at radius 1 is 1.37 bits per heavy atom.